The van der Waals surface area contributed by atoms with Gasteiger partial charge in [-0.2, -0.15) is 13.2 Å². The van der Waals surface area contributed by atoms with Crippen LogP contribution in [0, 0.1) is 6.92 Å². The van der Waals surface area contributed by atoms with Crippen molar-refractivity contribution < 1.29 is 18.0 Å². The number of nitrogens with zero attached hydrogens (tertiary/aromatic N) is 2. The SMILES string of the molecule is Cc1nccc(Cl)n1.O=C(NC(F)(F)F)c1ccccc1. The molecule has 1 N–H and O–H groups in total. The summed E-state index contributed by atoms with van der Waals surface area (Å²) in [5, 5.41) is 1.39. The quantitative estimate of drug-likeness (QED) is 0.648. The maximum atomic E-state index is 11.7. The van der Waals surface area contributed by atoms with Crippen LogP contribution in [-0.2, 0) is 0 Å². The number of carbonyl (C=O) groups is 1. The molecule has 0 atom stereocenters. The van der Waals surface area contributed by atoms with Crippen LogP contribution in [0.2, 0.25) is 5.15 Å². The van der Waals surface area contributed by atoms with Gasteiger partial charge in [0.25, 0.3) is 5.91 Å². The monoisotopic (exact) mass is 317 g/mol. The zero-order valence-electron chi connectivity index (χ0n) is 10.9. The smallest absolute Gasteiger partial charge is 0.269 e. The van der Waals surface area contributed by atoms with E-state index in [1.165, 1.54) is 24.3 Å². The van der Waals surface area contributed by atoms with E-state index in [1.807, 2.05) is 0 Å². The molecule has 112 valence electrons. The molecule has 0 unspecified atom stereocenters. The molecule has 0 aliphatic heterocycles. The lowest BCUT2D eigenvalue weighted by molar-refractivity contribution is -0.146. The number of benzene rings is 1. The van der Waals surface area contributed by atoms with Crippen LogP contribution in [0.3, 0.4) is 0 Å². The molecule has 21 heavy (non-hydrogen) atoms. The van der Waals surface area contributed by atoms with Crippen LogP contribution in [-0.4, -0.2) is 22.2 Å². The molecule has 0 radical (unpaired) electrons. The highest BCUT2D eigenvalue weighted by molar-refractivity contribution is 6.29. The van der Waals surface area contributed by atoms with Crippen molar-refractivity contribution in [3.8, 4) is 0 Å². The van der Waals surface area contributed by atoms with Crippen molar-refractivity contribution in [2.24, 2.45) is 0 Å². The Morgan fingerprint density at radius 3 is 2.24 bits per heavy atom. The van der Waals surface area contributed by atoms with Gasteiger partial charge < -0.3 is 0 Å². The molecule has 0 spiro atoms. The predicted molar refractivity (Wildman–Crippen MR) is 71.7 cm³/mol. The maximum absolute atomic E-state index is 11.7. The number of alkyl halides is 3. The molecule has 2 aromatic rings. The summed E-state index contributed by atoms with van der Waals surface area (Å²) >= 11 is 5.49. The fraction of sp³-hybridized carbons (Fsp3) is 0.154. The summed E-state index contributed by atoms with van der Waals surface area (Å²) < 4.78 is 35.0. The lowest BCUT2D eigenvalue weighted by Gasteiger charge is -2.07. The number of rotatable bonds is 1. The van der Waals surface area contributed by atoms with Gasteiger partial charge in [0.1, 0.15) is 11.0 Å². The second-order valence-corrected chi connectivity index (χ2v) is 4.13. The molecule has 0 bridgehead atoms. The minimum absolute atomic E-state index is 0.0141. The van der Waals surface area contributed by atoms with Crippen molar-refractivity contribution in [2.75, 3.05) is 0 Å². The minimum Gasteiger partial charge on any atom is -0.269 e. The third-order valence-corrected chi connectivity index (χ3v) is 2.24. The molecule has 0 aliphatic carbocycles. The van der Waals surface area contributed by atoms with E-state index < -0.39 is 12.2 Å². The Bertz CT molecular complexity index is 573. The summed E-state index contributed by atoms with van der Waals surface area (Å²) in [5.74, 6) is -0.439. The standard InChI is InChI=1S/C8H6F3NO.C5H5ClN2/c9-8(10,11)12-7(13)6-4-2-1-3-5-6;1-4-7-3-2-5(6)8-4/h1-5H,(H,12,13);2-3H,1H3. The second-order valence-electron chi connectivity index (χ2n) is 3.74. The largest absolute Gasteiger partial charge is 0.484 e. The molecule has 2 rings (SSSR count). The number of aryl methyl sites for hydroxylation is 1. The lowest BCUT2D eigenvalue weighted by atomic mass is 10.2. The van der Waals surface area contributed by atoms with E-state index in [2.05, 4.69) is 9.97 Å². The van der Waals surface area contributed by atoms with E-state index in [9.17, 15) is 18.0 Å². The highest BCUT2D eigenvalue weighted by Crippen LogP contribution is 2.11. The first-order valence-corrected chi connectivity index (χ1v) is 6.05. The van der Waals surface area contributed by atoms with Gasteiger partial charge in [-0.25, -0.2) is 9.97 Å². The van der Waals surface area contributed by atoms with E-state index in [0.29, 0.717) is 11.0 Å². The minimum atomic E-state index is -4.67. The third-order valence-electron chi connectivity index (χ3n) is 2.03. The average Bonchev–Trinajstić information content (AvgIpc) is 2.38. The third kappa shape index (κ3) is 7.26. The van der Waals surface area contributed by atoms with Gasteiger partial charge in [0.15, 0.2) is 0 Å². The first-order valence-electron chi connectivity index (χ1n) is 5.67. The fourth-order valence-corrected chi connectivity index (χ4v) is 1.40. The number of carbonyl (C=O) groups excluding carboxylic acids is 1. The van der Waals surface area contributed by atoms with Gasteiger partial charge in [-0.3, -0.25) is 10.1 Å². The van der Waals surface area contributed by atoms with E-state index >= 15 is 0 Å². The molecule has 1 aromatic carbocycles. The Balaban J connectivity index is 0.000000235. The van der Waals surface area contributed by atoms with Crippen molar-refractivity contribution in [2.45, 2.75) is 13.2 Å². The fourth-order valence-electron chi connectivity index (χ4n) is 1.22. The molecule has 0 fully saturated rings. The first-order chi connectivity index (χ1) is 9.78. The Morgan fingerprint density at radius 2 is 1.81 bits per heavy atom. The molecular formula is C13H11ClF3N3O. The highest BCUT2D eigenvalue weighted by atomic mass is 35.5. The molecule has 0 aliphatic rings. The molecule has 4 nitrogen and oxygen atoms in total. The topological polar surface area (TPSA) is 54.9 Å². The number of nitrogens with one attached hydrogen (secondary N) is 1. The summed E-state index contributed by atoms with van der Waals surface area (Å²) in [6.07, 6.45) is -3.04. The van der Waals surface area contributed by atoms with Gasteiger partial charge in [0.2, 0.25) is 0 Å². The summed E-state index contributed by atoms with van der Waals surface area (Å²) in [5.41, 5.74) is -0.0141. The number of hydrogen-bond donors (Lipinski definition) is 1. The molecule has 8 heteroatoms. The van der Waals surface area contributed by atoms with E-state index in [-0.39, 0.29) is 5.56 Å². The van der Waals surface area contributed by atoms with Gasteiger partial charge in [0.05, 0.1) is 0 Å². The van der Waals surface area contributed by atoms with Gasteiger partial charge >= 0.3 is 6.30 Å². The van der Waals surface area contributed by atoms with Crippen molar-refractivity contribution >= 4 is 17.5 Å². The molecule has 1 heterocycles. The average molecular weight is 318 g/mol. The Hall–Kier alpha value is -2.15. The van der Waals surface area contributed by atoms with Gasteiger partial charge in [-0.05, 0) is 25.1 Å². The summed E-state index contributed by atoms with van der Waals surface area (Å²) in [6, 6.07) is 8.86. The molecule has 1 amide bonds. The van der Waals surface area contributed by atoms with Crippen molar-refractivity contribution in [1.82, 2.24) is 15.3 Å². The van der Waals surface area contributed by atoms with Crippen molar-refractivity contribution in [3.05, 3.63) is 59.1 Å². The van der Waals surface area contributed by atoms with Crippen LogP contribution in [0.5, 0.6) is 0 Å². The first kappa shape index (κ1) is 16.9. The van der Waals surface area contributed by atoms with E-state index in [0.717, 1.165) is 5.32 Å². The summed E-state index contributed by atoms with van der Waals surface area (Å²) in [7, 11) is 0. The maximum Gasteiger partial charge on any atom is 0.484 e. The number of amides is 1. The summed E-state index contributed by atoms with van der Waals surface area (Å²) in [4.78, 5) is 18.5. The number of halogens is 4. The van der Waals surface area contributed by atoms with Crippen LogP contribution in [0.25, 0.3) is 0 Å². The number of aromatic nitrogens is 2. The zero-order chi connectivity index (χ0) is 15.9. The van der Waals surface area contributed by atoms with Gasteiger partial charge in [-0.15, -0.1) is 0 Å². The van der Waals surface area contributed by atoms with Gasteiger partial charge in [0, 0.05) is 11.8 Å². The molecule has 0 saturated carbocycles. The summed E-state index contributed by atoms with van der Waals surface area (Å²) in [6.45, 7) is 1.80. The van der Waals surface area contributed by atoms with Crippen molar-refractivity contribution in [1.29, 1.82) is 0 Å². The van der Waals surface area contributed by atoms with Crippen LogP contribution in [0.1, 0.15) is 16.2 Å². The molecule has 1 aromatic heterocycles. The van der Waals surface area contributed by atoms with Crippen LogP contribution >= 0.6 is 11.6 Å². The Kier molecular flexibility index (Phi) is 6.10. The molecule has 0 saturated heterocycles. The van der Waals surface area contributed by atoms with E-state index in [4.69, 9.17) is 11.6 Å². The van der Waals surface area contributed by atoms with Gasteiger partial charge in [-0.1, -0.05) is 29.8 Å². The normalized spacial score (nSPS) is 10.3. The second kappa shape index (κ2) is 7.58. The van der Waals surface area contributed by atoms with Crippen LogP contribution in [0.4, 0.5) is 13.2 Å². The highest BCUT2D eigenvalue weighted by Gasteiger charge is 2.30. The molecular weight excluding hydrogens is 307 g/mol. The Labute approximate surface area is 124 Å². The number of hydrogen-bond acceptors (Lipinski definition) is 3. The van der Waals surface area contributed by atoms with E-state index in [1.54, 1.807) is 25.3 Å². The Morgan fingerprint density at radius 1 is 1.19 bits per heavy atom. The van der Waals surface area contributed by atoms with Crippen LogP contribution < -0.4 is 5.32 Å². The lowest BCUT2D eigenvalue weighted by Crippen LogP contribution is -2.37. The van der Waals surface area contributed by atoms with Crippen LogP contribution in [0.15, 0.2) is 42.6 Å². The zero-order valence-corrected chi connectivity index (χ0v) is 11.6. The van der Waals surface area contributed by atoms with Crippen molar-refractivity contribution in [3.63, 3.8) is 0 Å². The predicted octanol–water partition coefficient (Wildman–Crippen LogP) is 3.37.